The molecule has 0 aliphatic carbocycles. The van der Waals surface area contributed by atoms with Crippen LogP contribution >= 0.6 is 11.5 Å². The van der Waals surface area contributed by atoms with Gasteiger partial charge in [0.1, 0.15) is 11.5 Å². The molecular formula is C26H25F2N9OS. The molecule has 1 amide bonds. The van der Waals surface area contributed by atoms with Gasteiger partial charge in [-0.3, -0.25) is 18.8 Å². The third-order valence-corrected chi connectivity index (χ3v) is 7.20. The van der Waals surface area contributed by atoms with Crippen LogP contribution in [0.5, 0.6) is 0 Å². The zero-order valence-electron chi connectivity index (χ0n) is 21.1. The van der Waals surface area contributed by atoms with Crippen LogP contribution in [0.2, 0.25) is 0 Å². The Kier molecular flexibility index (Phi) is 6.75. The highest BCUT2D eigenvalue weighted by atomic mass is 32.1. The van der Waals surface area contributed by atoms with E-state index < -0.39 is 17.5 Å². The Bertz CT molecular complexity index is 1650. The number of hydrogen-bond acceptors (Lipinski definition) is 8. The van der Waals surface area contributed by atoms with Gasteiger partial charge in [-0.25, -0.2) is 18.7 Å². The van der Waals surface area contributed by atoms with Gasteiger partial charge in [-0.1, -0.05) is 6.07 Å². The van der Waals surface area contributed by atoms with Crippen molar-refractivity contribution in [1.82, 2.24) is 33.4 Å². The molecule has 6 rings (SSSR count). The van der Waals surface area contributed by atoms with Crippen LogP contribution in [0, 0.1) is 18.6 Å². The lowest BCUT2D eigenvalue weighted by Crippen LogP contribution is -2.19. The van der Waals surface area contributed by atoms with Gasteiger partial charge in [0.05, 0.1) is 35.2 Å². The average molecular weight is 550 g/mol. The van der Waals surface area contributed by atoms with Crippen LogP contribution < -0.4 is 10.6 Å². The fourth-order valence-corrected chi connectivity index (χ4v) is 5.31. The van der Waals surface area contributed by atoms with Crippen LogP contribution in [0.15, 0.2) is 49.1 Å². The lowest BCUT2D eigenvalue weighted by molar-refractivity contribution is -0.116. The molecular weight excluding hydrogens is 524 g/mol. The van der Waals surface area contributed by atoms with Crippen molar-refractivity contribution >= 4 is 39.6 Å². The normalized spacial score (nSPS) is 13.8. The Morgan fingerprint density at radius 1 is 1.15 bits per heavy atom. The Balaban J connectivity index is 1.19. The molecule has 5 heterocycles. The molecule has 1 aliphatic heterocycles. The number of amides is 1. The lowest BCUT2D eigenvalue weighted by atomic mass is 10.3. The number of anilines is 3. The number of likely N-dealkylation sites (tertiary alicyclic amines) is 1. The van der Waals surface area contributed by atoms with E-state index in [0.717, 1.165) is 53.3 Å². The van der Waals surface area contributed by atoms with E-state index in [-0.39, 0.29) is 12.2 Å². The van der Waals surface area contributed by atoms with E-state index >= 15 is 0 Å². The van der Waals surface area contributed by atoms with Crippen molar-refractivity contribution < 1.29 is 13.6 Å². The van der Waals surface area contributed by atoms with Crippen LogP contribution in [0.1, 0.15) is 24.2 Å². The summed E-state index contributed by atoms with van der Waals surface area (Å²) in [7, 11) is 0. The molecule has 13 heteroatoms. The van der Waals surface area contributed by atoms with Crippen molar-refractivity contribution in [2.45, 2.75) is 32.9 Å². The fourth-order valence-electron chi connectivity index (χ4n) is 4.66. The first-order valence-electron chi connectivity index (χ1n) is 12.5. The third kappa shape index (κ3) is 5.36. The predicted molar refractivity (Wildman–Crippen MR) is 144 cm³/mol. The smallest absolute Gasteiger partial charge is 0.246 e. The number of aromatic nitrogens is 6. The van der Waals surface area contributed by atoms with Crippen molar-refractivity contribution in [3.8, 4) is 11.3 Å². The van der Waals surface area contributed by atoms with Crippen LogP contribution in [-0.2, 0) is 17.9 Å². The minimum Gasteiger partial charge on any atom is -0.328 e. The molecule has 1 fully saturated rings. The predicted octanol–water partition coefficient (Wildman–Crippen LogP) is 4.61. The minimum atomic E-state index is -1.10. The Hall–Kier alpha value is -4.23. The zero-order valence-corrected chi connectivity index (χ0v) is 21.9. The molecule has 4 aromatic heterocycles. The number of benzene rings is 1. The molecule has 2 N–H and O–H groups in total. The van der Waals surface area contributed by atoms with E-state index in [9.17, 15) is 13.6 Å². The van der Waals surface area contributed by atoms with E-state index in [1.807, 2.05) is 17.5 Å². The maximum atomic E-state index is 13.9. The highest BCUT2D eigenvalue weighted by molar-refractivity contribution is 7.10. The van der Waals surface area contributed by atoms with Crippen molar-refractivity contribution in [1.29, 1.82) is 0 Å². The second kappa shape index (κ2) is 10.5. The van der Waals surface area contributed by atoms with Crippen LogP contribution in [0.4, 0.5) is 25.3 Å². The maximum Gasteiger partial charge on any atom is 0.246 e. The van der Waals surface area contributed by atoms with Gasteiger partial charge in [-0.2, -0.15) is 9.47 Å². The molecule has 0 atom stereocenters. The molecule has 1 aliphatic rings. The molecule has 1 aromatic carbocycles. The van der Waals surface area contributed by atoms with Gasteiger partial charge >= 0.3 is 0 Å². The monoisotopic (exact) mass is 549 g/mol. The summed E-state index contributed by atoms with van der Waals surface area (Å²) in [5, 5.41) is 10.9. The van der Waals surface area contributed by atoms with Gasteiger partial charge in [0, 0.05) is 24.5 Å². The second-order valence-electron chi connectivity index (χ2n) is 9.43. The molecule has 39 heavy (non-hydrogen) atoms. The van der Waals surface area contributed by atoms with Gasteiger partial charge in [-0.05, 0) is 62.6 Å². The number of aryl methyl sites for hydroxylation is 1. The maximum absolute atomic E-state index is 13.9. The molecule has 1 saturated heterocycles. The topological polar surface area (TPSA) is 105 Å². The average Bonchev–Trinajstić information content (AvgIpc) is 3.71. The molecule has 0 spiro atoms. The van der Waals surface area contributed by atoms with Gasteiger partial charge in [0.2, 0.25) is 5.91 Å². The van der Waals surface area contributed by atoms with E-state index in [2.05, 4.69) is 41.0 Å². The molecule has 0 unspecified atom stereocenters. The number of rotatable bonds is 8. The Labute approximate surface area is 226 Å². The van der Waals surface area contributed by atoms with Crippen molar-refractivity contribution in [3.05, 3.63) is 72.1 Å². The molecule has 5 aromatic rings. The second-order valence-corrected chi connectivity index (χ2v) is 10.2. The molecule has 0 radical (unpaired) electrons. The number of carbonyl (C=O) groups is 1. The van der Waals surface area contributed by atoms with Crippen molar-refractivity contribution in [3.63, 3.8) is 0 Å². The summed E-state index contributed by atoms with van der Waals surface area (Å²) in [6, 6.07) is 5.67. The zero-order chi connectivity index (χ0) is 26.9. The first-order chi connectivity index (χ1) is 18.9. The highest BCUT2D eigenvalue weighted by Crippen LogP contribution is 2.28. The van der Waals surface area contributed by atoms with Crippen LogP contribution in [0.3, 0.4) is 0 Å². The number of imidazole rings is 1. The molecule has 0 saturated carbocycles. The van der Waals surface area contributed by atoms with Crippen LogP contribution in [0.25, 0.3) is 16.9 Å². The van der Waals surface area contributed by atoms with Crippen molar-refractivity contribution in [2.75, 3.05) is 23.7 Å². The fraction of sp³-hybridized carbons (Fsp3) is 0.269. The summed E-state index contributed by atoms with van der Waals surface area (Å²) >= 11 is 1.40. The highest BCUT2D eigenvalue weighted by Gasteiger charge is 2.17. The minimum absolute atomic E-state index is 0.175. The quantitative estimate of drug-likeness (QED) is 0.291. The number of halogens is 2. The molecule has 0 bridgehead atoms. The SMILES string of the molecule is Cc1cn2c(-c3cnn(CC(=O)Nc4cccc(F)c4F)c3)cnc2c(Nc2cc(CN3CCCC3)ns2)n1. The lowest BCUT2D eigenvalue weighted by Gasteiger charge is -2.11. The van der Waals surface area contributed by atoms with Gasteiger partial charge in [0.25, 0.3) is 0 Å². The Morgan fingerprint density at radius 3 is 2.85 bits per heavy atom. The van der Waals surface area contributed by atoms with Gasteiger partial charge in [-0.15, -0.1) is 0 Å². The summed E-state index contributed by atoms with van der Waals surface area (Å²) in [6.45, 7) is 4.81. The summed E-state index contributed by atoms with van der Waals surface area (Å²) < 4.78 is 35.3. The number of carbonyl (C=O) groups excluding carboxylic acids is 1. The molecule has 200 valence electrons. The van der Waals surface area contributed by atoms with Gasteiger partial charge in [0.15, 0.2) is 23.1 Å². The summed E-state index contributed by atoms with van der Waals surface area (Å²) in [4.78, 5) is 24.1. The Morgan fingerprint density at radius 2 is 2.00 bits per heavy atom. The number of nitrogens with zero attached hydrogens (tertiary/aromatic N) is 7. The van der Waals surface area contributed by atoms with E-state index in [4.69, 9.17) is 0 Å². The van der Waals surface area contributed by atoms with E-state index in [0.29, 0.717) is 11.5 Å². The van der Waals surface area contributed by atoms with Crippen molar-refractivity contribution in [2.24, 2.45) is 0 Å². The van der Waals surface area contributed by atoms with E-state index in [1.54, 1.807) is 18.6 Å². The third-order valence-electron chi connectivity index (χ3n) is 6.46. The first-order valence-corrected chi connectivity index (χ1v) is 13.3. The first kappa shape index (κ1) is 25.1. The van der Waals surface area contributed by atoms with Crippen LogP contribution in [-0.4, -0.2) is 52.4 Å². The summed E-state index contributed by atoms with van der Waals surface area (Å²) in [5.74, 6) is -2.06. The number of hydrogen-bond donors (Lipinski definition) is 2. The van der Waals surface area contributed by atoms with Gasteiger partial charge < -0.3 is 10.6 Å². The number of nitrogens with one attached hydrogen (secondary N) is 2. The standard InChI is InChI=1S/C26H25F2N9OS/c1-16-12-37-21(17-10-30-36(13-17)15-22(38)32-20-6-4-5-19(27)24(20)28)11-29-26(37)25(31-16)33-23-9-18(34-39-23)14-35-7-2-3-8-35/h4-6,9-13H,2-3,7-8,14-15H2,1H3,(H,31,33)(H,32,38). The summed E-state index contributed by atoms with van der Waals surface area (Å²) in [5.41, 5.74) is 3.73. The largest absolute Gasteiger partial charge is 0.328 e. The number of fused-ring (bicyclic) bond motifs is 1. The van der Waals surface area contributed by atoms with E-state index in [1.165, 1.54) is 41.2 Å². The summed E-state index contributed by atoms with van der Waals surface area (Å²) in [6.07, 6.45) is 9.40. The molecule has 10 nitrogen and oxygen atoms in total.